The van der Waals surface area contributed by atoms with Gasteiger partial charge in [-0.15, -0.1) is 0 Å². The van der Waals surface area contributed by atoms with Crippen molar-refractivity contribution in [3.63, 3.8) is 0 Å². The Balaban J connectivity index is 2.09. The van der Waals surface area contributed by atoms with Crippen molar-refractivity contribution in [3.8, 4) is 0 Å². The van der Waals surface area contributed by atoms with Crippen molar-refractivity contribution in [2.45, 2.75) is 20.5 Å². The molecule has 110 valence electrons. The van der Waals surface area contributed by atoms with Crippen LogP contribution in [-0.4, -0.2) is 15.7 Å². The van der Waals surface area contributed by atoms with Gasteiger partial charge in [-0.1, -0.05) is 30.3 Å². The fourth-order valence-corrected chi connectivity index (χ4v) is 1.93. The Hall–Kier alpha value is -2.47. The molecule has 0 aliphatic carbocycles. The molecule has 1 aromatic heterocycles. The second-order valence-corrected chi connectivity index (χ2v) is 4.72. The number of carbonyl (C=O) groups excluding carboxylic acids is 1. The van der Waals surface area contributed by atoms with E-state index in [0.717, 1.165) is 10.2 Å². The molecule has 0 aliphatic rings. The van der Waals surface area contributed by atoms with Crippen LogP contribution < -0.4 is 11.0 Å². The molecule has 1 heterocycles. The van der Waals surface area contributed by atoms with E-state index in [4.69, 9.17) is 4.84 Å². The van der Waals surface area contributed by atoms with Gasteiger partial charge in [-0.25, -0.2) is 10.2 Å². The molecule has 0 atom stereocenters. The van der Waals surface area contributed by atoms with Crippen molar-refractivity contribution in [2.24, 2.45) is 7.05 Å². The maximum absolute atomic E-state index is 12.1. The van der Waals surface area contributed by atoms with Crippen LogP contribution in [0.1, 0.15) is 27.2 Å². The number of aryl methyl sites for hydroxylation is 2. The summed E-state index contributed by atoms with van der Waals surface area (Å²) < 4.78 is 1.15. The standard InChI is InChI=1S/C15H17N3O3/c1-10-11(2)16-18(3)15(20)13(10)14(19)17-21-9-12-7-5-4-6-8-12/h4-8H,9H2,1-3H3,(H,17,19). The first-order chi connectivity index (χ1) is 10.0. The number of hydrogen-bond donors (Lipinski definition) is 1. The molecule has 1 aromatic carbocycles. The quantitative estimate of drug-likeness (QED) is 0.859. The minimum absolute atomic E-state index is 0.0538. The van der Waals surface area contributed by atoms with Gasteiger partial charge in [0.2, 0.25) is 0 Å². The van der Waals surface area contributed by atoms with Crippen LogP contribution >= 0.6 is 0 Å². The van der Waals surface area contributed by atoms with Crippen LogP contribution in [0.3, 0.4) is 0 Å². The van der Waals surface area contributed by atoms with E-state index in [2.05, 4.69) is 10.6 Å². The SMILES string of the molecule is Cc1nn(C)c(=O)c(C(=O)NOCc2ccccc2)c1C. The van der Waals surface area contributed by atoms with Gasteiger partial charge in [-0.2, -0.15) is 5.10 Å². The summed E-state index contributed by atoms with van der Waals surface area (Å²) in [4.78, 5) is 29.3. The van der Waals surface area contributed by atoms with Gasteiger partial charge in [0.15, 0.2) is 0 Å². The zero-order valence-electron chi connectivity index (χ0n) is 12.2. The van der Waals surface area contributed by atoms with E-state index < -0.39 is 11.5 Å². The maximum Gasteiger partial charge on any atom is 0.280 e. The summed E-state index contributed by atoms with van der Waals surface area (Å²) in [5.74, 6) is -0.561. The number of hydrogen-bond acceptors (Lipinski definition) is 4. The molecule has 1 N–H and O–H groups in total. The molecule has 0 radical (unpaired) electrons. The van der Waals surface area contributed by atoms with Crippen molar-refractivity contribution in [1.29, 1.82) is 0 Å². The molecule has 0 aliphatic heterocycles. The van der Waals surface area contributed by atoms with Crippen LogP contribution in [0, 0.1) is 13.8 Å². The summed E-state index contributed by atoms with van der Waals surface area (Å²) >= 11 is 0. The third-order valence-corrected chi connectivity index (χ3v) is 3.20. The van der Waals surface area contributed by atoms with Gasteiger partial charge in [0.05, 0.1) is 12.3 Å². The molecule has 6 nitrogen and oxygen atoms in total. The van der Waals surface area contributed by atoms with Crippen LogP contribution in [0.4, 0.5) is 0 Å². The normalized spacial score (nSPS) is 10.4. The Morgan fingerprint density at radius 2 is 1.95 bits per heavy atom. The molecule has 0 spiro atoms. The highest BCUT2D eigenvalue weighted by Crippen LogP contribution is 2.06. The summed E-state index contributed by atoms with van der Waals surface area (Å²) in [5.41, 5.74) is 4.02. The third-order valence-electron chi connectivity index (χ3n) is 3.20. The van der Waals surface area contributed by atoms with Crippen molar-refractivity contribution < 1.29 is 9.63 Å². The van der Waals surface area contributed by atoms with E-state index in [0.29, 0.717) is 11.3 Å². The Morgan fingerprint density at radius 3 is 2.62 bits per heavy atom. The summed E-state index contributed by atoms with van der Waals surface area (Å²) in [6, 6.07) is 9.42. The monoisotopic (exact) mass is 287 g/mol. The molecule has 0 saturated heterocycles. The molecule has 0 unspecified atom stereocenters. The average molecular weight is 287 g/mol. The van der Waals surface area contributed by atoms with Gasteiger partial charge in [0.25, 0.3) is 11.5 Å². The lowest BCUT2D eigenvalue weighted by atomic mass is 10.1. The van der Waals surface area contributed by atoms with Crippen LogP contribution in [0.15, 0.2) is 35.1 Å². The van der Waals surface area contributed by atoms with E-state index in [1.165, 1.54) is 7.05 Å². The Bertz CT molecular complexity index is 708. The van der Waals surface area contributed by atoms with Crippen LogP contribution in [-0.2, 0) is 18.5 Å². The molecule has 6 heteroatoms. The fourth-order valence-electron chi connectivity index (χ4n) is 1.93. The minimum Gasteiger partial charge on any atom is -0.269 e. The average Bonchev–Trinajstić information content (AvgIpc) is 2.46. The van der Waals surface area contributed by atoms with Crippen LogP contribution in [0.2, 0.25) is 0 Å². The number of aromatic nitrogens is 2. The van der Waals surface area contributed by atoms with Crippen molar-refractivity contribution in [1.82, 2.24) is 15.3 Å². The largest absolute Gasteiger partial charge is 0.280 e. The summed E-state index contributed by atoms with van der Waals surface area (Å²) in [5, 5.41) is 4.03. The highest BCUT2D eigenvalue weighted by Gasteiger charge is 2.17. The topological polar surface area (TPSA) is 73.2 Å². The van der Waals surface area contributed by atoms with E-state index in [-0.39, 0.29) is 12.2 Å². The summed E-state index contributed by atoms with van der Waals surface area (Å²) in [6.07, 6.45) is 0. The first-order valence-electron chi connectivity index (χ1n) is 6.51. The third kappa shape index (κ3) is 3.35. The van der Waals surface area contributed by atoms with E-state index in [1.807, 2.05) is 30.3 Å². The molecular formula is C15H17N3O3. The zero-order chi connectivity index (χ0) is 15.4. The molecule has 1 amide bonds. The van der Waals surface area contributed by atoms with E-state index >= 15 is 0 Å². The van der Waals surface area contributed by atoms with E-state index in [9.17, 15) is 9.59 Å². The lowest BCUT2D eigenvalue weighted by Crippen LogP contribution is -2.35. The number of nitrogens with zero attached hydrogens (tertiary/aromatic N) is 2. The molecule has 21 heavy (non-hydrogen) atoms. The van der Waals surface area contributed by atoms with Gasteiger partial charge in [-0.05, 0) is 25.0 Å². The smallest absolute Gasteiger partial charge is 0.269 e. The molecule has 0 fully saturated rings. The Morgan fingerprint density at radius 1 is 1.29 bits per heavy atom. The minimum atomic E-state index is -0.561. The maximum atomic E-state index is 12.1. The Kier molecular flexibility index (Phi) is 4.49. The van der Waals surface area contributed by atoms with Crippen molar-refractivity contribution in [2.75, 3.05) is 0 Å². The van der Waals surface area contributed by atoms with Crippen molar-refractivity contribution in [3.05, 3.63) is 63.1 Å². The number of nitrogens with one attached hydrogen (secondary N) is 1. The Labute approximate surface area is 122 Å². The van der Waals surface area contributed by atoms with Crippen LogP contribution in [0.25, 0.3) is 0 Å². The highest BCUT2D eigenvalue weighted by molar-refractivity contribution is 5.94. The van der Waals surface area contributed by atoms with Gasteiger partial charge >= 0.3 is 0 Å². The first-order valence-corrected chi connectivity index (χ1v) is 6.51. The molecule has 0 bridgehead atoms. The number of rotatable bonds is 4. The lowest BCUT2D eigenvalue weighted by Gasteiger charge is -2.10. The predicted octanol–water partition coefficient (Wildman–Crippen LogP) is 1.26. The first kappa shape index (κ1) is 14.9. The molecule has 2 aromatic rings. The number of hydroxylamine groups is 1. The second-order valence-electron chi connectivity index (χ2n) is 4.72. The predicted molar refractivity (Wildman–Crippen MR) is 77.6 cm³/mol. The summed E-state index contributed by atoms with van der Waals surface area (Å²) in [7, 11) is 1.51. The van der Waals surface area contributed by atoms with Gasteiger partial charge in [-0.3, -0.25) is 14.4 Å². The zero-order valence-corrected chi connectivity index (χ0v) is 12.2. The number of benzene rings is 1. The van der Waals surface area contributed by atoms with E-state index in [1.54, 1.807) is 13.8 Å². The second kappa shape index (κ2) is 6.32. The van der Waals surface area contributed by atoms with Gasteiger partial charge in [0, 0.05) is 7.05 Å². The molecule has 0 saturated carbocycles. The number of amides is 1. The van der Waals surface area contributed by atoms with Gasteiger partial charge in [0.1, 0.15) is 5.56 Å². The fraction of sp³-hybridized carbons (Fsp3) is 0.267. The van der Waals surface area contributed by atoms with Crippen molar-refractivity contribution >= 4 is 5.91 Å². The highest BCUT2D eigenvalue weighted by atomic mass is 16.6. The van der Waals surface area contributed by atoms with Crippen LogP contribution in [0.5, 0.6) is 0 Å². The van der Waals surface area contributed by atoms with Gasteiger partial charge < -0.3 is 0 Å². The number of carbonyl (C=O) groups is 1. The lowest BCUT2D eigenvalue weighted by molar-refractivity contribution is 0.0231. The molecular weight excluding hydrogens is 270 g/mol. The summed E-state index contributed by atoms with van der Waals surface area (Å²) in [6.45, 7) is 3.67. The molecule has 2 rings (SSSR count).